The quantitative estimate of drug-likeness (QED) is 0.929. The zero-order chi connectivity index (χ0) is 14.8. The van der Waals surface area contributed by atoms with Gasteiger partial charge < -0.3 is 14.7 Å². The van der Waals surface area contributed by atoms with Gasteiger partial charge in [0.15, 0.2) is 5.60 Å². The molecule has 0 aromatic heterocycles. The van der Waals surface area contributed by atoms with Gasteiger partial charge in [-0.1, -0.05) is 11.6 Å². The third-order valence-electron chi connectivity index (χ3n) is 3.55. The molecular formula is C15H20ClNO3. The molecule has 110 valence electrons. The molecule has 0 unspecified atom stereocenters. The highest BCUT2D eigenvalue weighted by atomic mass is 35.5. The van der Waals surface area contributed by atoms with Crippen LogP contribution in [0.2, 0.25) is 5.02 Å². The van der Waals surface area contributed by atoms with Crippen LogP contribution < -0.4 is 4.74 Å². The smallest absolute Gasteiger partial charge is 0.266 e. The number of aliphatic hydroxyl groups excluding tert-OH is 1. The van der Waals surface area contributed by atoms with Gasteiger partial charge in [-0.25, -0.2) is 0 Å². The van der Waals surface area contributed by atoms with Crippen LogP contribution in [-0.2, 0) is 4.79 Å². The Bertz CT molecular complexity index is 473. The molecule has 4 nitrogen and oxygen atoms in total. The Morgan fingerprint density at radius 3 is 2.70 bits per heavy atom. The average Bonchev–Trinajstić information content (AvgIpc) is 2.88. The second-order valence-electron chi connectivity index (χ2n) is 5.54. The van der Waals surface area contributed by atoms with Gasteiger partial charge in [-0.2, -0.15) is 0 Å². The van der Waals surface area contributed by atoms with Crippen molar-refractivity contribution in [3.05, 3.63) is 29.3 Å². The summed E-state index contributed by atoms with van der Waals surface area (Å²) in [6.07, 6.45) is 1.77. The zero-order valence-corrected chi connectivity index (χ0v) is 12.6. The number of likely N-dealkylation sites (tertiary alicyclic amines) is 1. The maximum Gasteiger partial charge on any atom is 0.266 e. The van der Waals surface area contributed by atoms with Crippen LogP contribution in [0.1, 0.15) is 26.7 Å². The Labute approximate surface area is 124 Å². The van der Waals surface area contributed by atoms with E-state index in [2.05, 4.69) is 0 Å². The van der Waals surface area contributed by atoms with E-state index in [1.165, 1.54) is 0 Å². The van der Waals surface area contributed by atoms with E-state index >= 15 is 0 Å². The van der Waals surface area contributed by atoms with Crippen molar-refractivity contribution in [2.75, 3.05) is 13.2 Å². The number of halogens is 1. The van der Waals surface area contributed by atoms with Crippen molar-refractivity contribution in [1.29, 1.82) is 0 Å². The van der Waals surface area contributed by atoms with Crippen LogP contribution in [-0.4, -0.2) is 40.7 Å². The van der Waals surface area contributed by atoms with Crippen LogP contribution in [0.4, 0.5) is 0 Å². The number of carbonyl (C=O) groups excluding carboxylic acids is 1. The Morgan fingerprint density at radius 2 is 2.10 bits per heavy atom. The van der Waals surface area contributed by atoms with Crippen molar-refractivity contribution in [3.63, 3.8) is 0 Å². The average molecular weight is 298 g/mol. The van der Waals surface area contributed by atoms with Gasteiger partial charge >= 0.3 is 0 Å². The predicted molar refractivity (Wildman–Crippen MR) is 78.0 cm³/mol. The van der Waals surface area contributed by atoms with Gasteiger partial charge in [0.2, 0.25) is 0 Å². The summed E-state index contributed by atoms with van der Waals surface area (Å²) in [4.78, 5) is 14.3. The standard InChI is InChI=1S/C15H20ClNO3/c1-15(2,20-13-7-5-11(16)6-8-13)14(19)17-9-3-4-12(17)10-18/h5-8,12,18H,3-4,9-10H2,1-2H3/t12-/m0/s1. The third-order valence-corrected chi connectivity index (χ3v) is 3.80. The Morgan fingerprint density at radius 1 is 1.45 bits per heavy atom. The lowest BCUT2D eigenvalue weighted by molar-refractivity contribution is -0.147. The summed E-state index contributed by atoms with van der Waals surface area (Å²) in [5.74, 6) is 0.511. The van der Waals surface area contributed by atoms with E-state index in [1.807, 2.05) is 0 Å². The summed E-state index contributed by atoms with van der Waals surface area (Å²) in [6.45, 7) is 4.17. The maximum absolute atomic E-state index is 12.6. The normalized spacial score (nSPS) is 19.2. The topological polar surface area (TPSA) is 49.8 Å². The van der Waals surface area contributed by atoms with E-state index in [0.717, 1.165) is 12.8 Å². The van der Waals surface area contributed by atoms with Crippen molar-refractivity contribution in [2.45, 2.75) is 38.3 Å². The van der Waals surface area contributed by atoms with Crippen molar-refractivity contribution in [3.8, 4) is 5.75 Å². The molecule has 2 rings (SSSR count). The molecule has 1 N–H and O–H groups in total. The first-order valence-corrected chi connectivity index (χ1v) is 7.18. The minimum absolute atomic E-state index is 0.00274. The van der Waals surface area contributed by atoms with Crippen molar-refractivity contribution >= 4 is 17.5 Å². The number of nitrogens with zero attached hydrogens (tertiary/aromatic N) is 1. The fourth-order valence-corrected chi connectivity index (χ4v) is 2.61. The third kappa shape index (κ3) is 3.25. The van der Waals surface area contributed by atoms with Gasteiger partial charge in [0.25, 0.3) is 5.91 Å². The van der Waals surface area contributed by atoms with Crippen molar-refractivity contribution in [2.24, 2.45) is 0 Å². The molecule has 0 spiro atoms. The number of benzene rings is 1. The van der Waals surface area contributed by atoms with E-state index in [9.17, 15) is 9.90 Å². The molecule has 1 aromatic carbocycles. The van der Waals surface area contributed by atoms with Crippen LogP contribution in [0.3, 0.4) is 0 Å². The maximum atomic E-state index is 12.6. The number of hydrogen-bond donors (Lipinski definition) is 1. The van der Waals surface area contributed by atoms with Crippen molar-refractivity contribution in [1.82, 2.24) is 4.90 Å². The van der Waals surface area contributed by atoms with Gasteiger partial charge in [-0.3, -0.25) is 4.79 Å². The number of aliphatic hydroxyl groups is 1. The second kappa shape index (κ2) is 6.02. The number of amides is 1. The monoisotopic (exact) mass is 297 g/mol. The van der Waals surface area contributed by atoms with E-state index in [0.29, 0.717) is 17.3 Å². The van der Waals surface area contributed by atoms with Gasteiger partial charge in [0, 0.05) is 11.6 Å². The summed E-state index contributed by atoms with van der Waals surface area (Å²) in [5, 5.41) is 9.95. The van der Waals surface area contributed by atoms with Crippen LogP contribution in [0, 0.1) is 0 Å². The number of hydrogen-bond acceptors (Lipinski definition) is 3. The highest BCUT2D eigenvalue weighted by Gasteiger charge is 2.39. The summed E-state index contributed by atoms with van der Waals surface area (Å²) < 4.78 is 5.79. The molecule has 20 heavy (non-hydrogen) atoms. The van der Waals surface area contributed by atoms with Crippen molar-refractivity contribution < 1.29 is 14.6 Å². The highest BCUT2D eigenvalue weighted by molar-refractivity contribution is 6.30. The molecule has 1 amide bonds. The molecule has 5 heteroatoms. The summed E-state index contributed by atoms with van der Waals surface area (Å²) in [6, 6.07) is 6.85. The lowest BCUT2D eigenvalue weighted by Crippen LogP contribution is -2.51. The summed E-state index contributed by atoms with van der Waals surface area (Å²) >= 11 is 5.83. The Kier molecular flexibility index (Phi) is 4.55. The molecule has 1 atom stereocenters. The van der Waals surface area contributed by atoms with E-state index in [4.69, 9.17) is 16.3 Å². The summed E-state index contributed by atoms with van der Waals surface area (Å²) in [5.41, 5.74) is -0.967. The molecule has 1 saturated heterocycles. The number of ether oxygens (including phenoxy) is 1. The van der Waals surface area contributed by atoms with Crippen LogP contribution >= 0.6 is 11.6 Å². The van der Waals surface area contributed by atoms with Gasteiger partial charge in [0.1, 0.15) is 5.75 Å². The first-order chi connectivity index (χ1) is 9.44. The Hall–Kier alpha value is -1.26. The molecule has 0 saturated carbocycles. The molecule has 1 aliphatic heterocycles. The molecule has 1 fully saturated rings. The SMILES string of the molecule is CC(C)(Oc1ccc(Cl)cc1)C(=O)N1CCC[C@H]1CO. The largest absolute Gasteiger partial charge is 0.478 e. The number of rotatable bonds is 4. The minimum atomic E-state index is -0.967. The lowest BCUT2D eigenvalue weighted by Gasteiger charge is -2.32. The molecule has 1 aromatic rings. The van der Waals surface area contributed by atoms with Crippen LogP contribution in [0.15, 0.2) is 24.3 Å². The molecule has 0 bridgehead atoms. The van der Waals surface area contributed by atoms with Crippen LogP contribution in [0.5, 0.6) is 5.75 Å². The molecular weight excluding hydrogens is 278 g/mol. The van der Waals surface area contributed by atoms with Gasteiger partial charge in [0.05, 0.1) is 12.6 Å². The van der Waals surface area contributed by atoms with E-state index < -0.39 is 5.60 Å². The number of carbonyl (C=O) groups is 1. The first kappa shape index (κ1) is 15.1. The molecule has 1 aliphatic rings. The van der Waals surface area contributed by atoms with Gasteiger partial charge in [-0.05, 0) is 51.0 Å². The Balaban J connectivity index is 2.09. The molecule has 1 heterocycles. The second-order valence-corrected chi connectivity index (χ2v) is 5.98. The molecule has 0 radical (unpaired) electrons. The predicted octanol–water partition coefficient (Wildman–Crippen LogP) is 2.48. The fourth-order valence-electron chi connectivity index (χ4n) is 2.48. The minimum Gasteiger partial charge on any atom is -0.478 e. The van der Waals surface area contributed by atoms with Crippen LogP contribution in [0.25, 0.3) is 0 Å². The fraction of sp³-hybridized carbons (Fsp3) is 0.533. The van der Waals surface area contributed by atoms with E-state index in [1.54, 1.807) is 43.0 Å². The summed E-state index contributed by atoms with van der Waals surface area (Å²) in [7, 11) is 0. The zero-order valence-electron chi connectivity index (χ0n) is 11.8. The van der Waals surface area contributed by atoms with Gasteiger partial charge in [-0.15, -0.1) is 0 Å². The highest BCUT2D eigenvalue weighted by Crippen LogP contribution is 2.26. The van der Waals surface area contributed by atoms with E-state index in [-0.39, 0.29) is 18.6 Å². The lowest BCUT2D eigenvalue weighted by atomic mass is 10.1. The molecule has 0 aliphatic carbocycles. The first-order valence-electron chi connectivity index (χ1n) is 6.80.